The van der Waals surface area contributed by atoms with Crippen LogP contribution in [0.4, 0.5) is 0 Å². The molecule has 9 heteroatoms. The number of carbonyl (C=O) groups is 1. The molecule has 0 spiro atoms. The van der Waals surface area contributed by atoms with Crippen LogP contribution in [0.3, 0.4) is 0 Å². The van der Waals surface area contributed by atoms with Gasteiger partial charge in [0.25, 0.3) is 11.5 Å². The van der Waals surface area contributed by atoms with Crippen molar-refractivity contribution in [2.24, 2.45) is 5.10 Å². The number of rotatable bonds is 4. The molecule has 2 aliphatic rings. The lowest BCUT2D eigenvalue weighted by Gasteiger charge is -2.20. The highest BCUT2D eigenvalue weighted by molar-refractivity contribution is 7.18. The number of nitrogens with zero attached hydrogens (tertiary/aromatic N) is 4. The van der Waals surface area contributed by atoms with E-state index in [1.165, 1.54) is 20.8 Å². The molecule has 0 aromatic carbocycles. The van der Waals surface area contributed by atoms with Crippen LogP contribution in [0.15, 0.2) is 56.5 Å². The average molecular weight is 465 g/mol. The Hall–Kier alpha value is -3.04. The van der Waals surface area contributed by atoms with Crippen molar-refractivity contribution in [2.75, 3.05) is 0 Å². The van der Waals surface area contributed by atoms with Crippen molar-refractivity contribution < 1.29 is 9.21 Å². The smallest absolute Gasteiger partial charge is 0.263 e. The molecular weight excluding hydrogens is 444 g/mol. The number of hydrogen-bond donors (Lipinski definition) is 0. The molecule has 0 N–H and O–H groups in total. The monoisotopic (exact) mass is 464 g/mol. The summed E-state index contributed by atoms with van der Waals surface area (Å²) in [6.45, 7) is -0.106. The fourth-order valence-electron chi connectivity index (χ4n) is 4.55. The van der Waals surface area contributed by atoms with E-state index in [9.17, 15) is 9.59 Å². The summed E-state index contributed by atoms with van der Waals surface area (Å²) in [4.78, 5) is 34.2. The van der Waals surface area contributed by atoms with Crippen molar-refractivity contribution in [3.63, 3.8) is 0 Å². The average Bonchev–Trinajstić information content (AvgIpc) is 3.60. The van der Waals surface area contributed by atoms with Gasteiger partial charge in [0.05, 0.1) is 28.6 Å². The van der Waals surface area contributed by atoms with Crippen molar-refractivity contribution in [3.8, 4) is 0 Å². The first-order valence-electron chi connectivity index (χ1n) is 10.7. The van der Waals surface area contributed by atoms with E-state index >= 15 is 0 Å². The Labute approximate surface area is 191 Å². The van der Waals surface area contributed by atoms with E-state index in [2.05, 4.69) is 10.1 Å². The Morgan fingerprint density at radius 2 is 2.12 bits per heavy atom. The zero-order chi connectivity index (χ0) is 21.7. The number of aryl methyl sites for hydroxylation is 2. The molecule has 1 unspecified atom stereocenters. The van der Waals surface area contributed by atoms with Crippen molar-refractivity contribution in [3.05, 3.63) is 73.7 Å². The van der Waals surface area contributed by atoms with Crippen molar-refractivity contribution in [1.82, 2.24) is 14.6 Å². The summed E-state index contributed by atoms with van der Waals surface area (Å²) < 4.78 is 7.02. The topological polar surface area (TPSA) is 80.7 Å². The first-order chi connectivity index (χ1) is 15.7. The summed E-state index contributed by atoms with van der Waals surface area (Å²) in [6, 6.07) is 7.31. The summed E-state index contributed by atoms with van der Waals surface area (Å²) >= 11 is 3.20. The lowest BCUT2D eigenvalue weighted by molar-refractivity contribution is -0.134. The van der Waals surface area contributed by atoms with Crippen molar-refractivity contribution in [2.45, 2.75) is 44.7 Å². The molecule has 162 valence electrons. The number of thiophene rings is 2. The largest absolute Gasteiger partial charge is 0.467 e. The molecule has 1 atom stereocenters. The standard InChI is InChI=1S/C23H20N4O3S2/c28-20(12-26-13-24-22-21(23(26)29)14-5-1-2-7-18(14)32-22)27-16(17-6-3-9-30-17)11-15(25-27)19-8-4-10-31-19/h3-4,6,8-10,13,16H,1-2,5,7,11-12H2. The molecule has 4 aromatic rings. The van der Waals surface area contributed by atoms with Gasteiger partial charge in [0.15, 0.2) is 0 Å². The molecule has 5 heterocycles. The molecule has 1 aliphatic carbocycles. The van der Waals surface area contributed by atoms with Gasteiger partial charge in [-0.05, 0) is 54.8 Å². The van der Waals surface area contributed by atoms with Gasteiger partial charge in [-0.15, -0.1) is 22.7 Å². The van der Waals surface area contributed by atoms with E-state index in [4.69, 9.17) is 4.42 Å². The Balaban J connectivity index is 1.34. The third-order valence-electron chi connectivity index (χ3n) is 6.09. The SMILES string of the molecule is O=C(Cn1cnc2sc3c(c2c1=O)CCCC3)N1N=C(c2cccs2)CC1c1ccco1. The highest BCUT2D eigenvalue weighted by atomic mass is 32.1. The fraction of sp³-hybridized carbons (Fsp3) is 0.304. The summed E-state index contributed by atoms with van der Waals surface area (Å²) in [7, 11) is 0. The maximum Gasteiger partial charge on any atom is 0.263 e. The van der Waals surface area contributed by atoms with Gasteiger partial charge in [0.2, 0.25) is 0 Å². The molecular formula is C23H20N4O3S2. The molecule has 0 saturated heterocycles. The molecule has 7 nitrogen and oxygen atoms in total. The van der Waals surface area contributed by atoms with Gasteiger partial charge < -0.3 is 4.42 Å². The lowest BCUT2D eigenvalue weighted by Crippen LogP contribution is -2.34. The molecule has 32 heavy (non-hydrogen) atoms. The van der Waals surface area contributed by atoms with E-state index in [1.54, 1.807) is 28.9 Å². The first kappa shape index (κ1) is 19.6. The van der Waals surface area contributed by atoms with Gasteiger partial charge in [-0.1, -0.05) is 6.07 Å². The van der Waals surface area contributed by atoms with Crippen LogP contribution in [-0.4, -0.2) is 26.2 Å². The highest BCUT2D eigenvalue weighted by Crippen LogP contribution is 2.35. The normalized spacial score (nSPS) is 18.2. The fourth-order valence-corrected chi connectivity index (χ4v) is 6.49. The minimum Gasteiger partial charge on any atom is -0.467 e. The second kappa shape index (κ2) is 7.83. The maximum absolute atomic E-state index is 13.3. The third-order valence-corrected chi connectivity index (χ3v) is 8.21. The first-order valence-corrected chi connectivity index (χ1v) is 12.3. The van der Waals surface area contributed by atoms with Crippen LogP contribution >= 0.6 is 22.7 Å². The molecule has 1 amide bonds. The van der Waals surface area contributed by atoms with E-state index < -0.39 is 0 Å². The van der Waals surface area contributed by atoms with Crippen LogP contribution in [0, 0.1) is 0 Å². The van der Waals surface area contributed by atoms with Gasteiger partial charge in [-0.25, -0.2) is 9.99 Å². The Kier molecular flexibility index (Phi) is 4.80. The number of furan rings is 1. The lowest BCUT2D eigenvalue weighted by atomic mass is 9.97. The summed E-state index contributed by atoms with van der Waals surface area (Å²) in [5.74, 6) is 0.423. The van der Waals surface area contributed by atoms with Crippen LogP contribution in [0.25, 0.3) is 10.2 Å². The van der Waals surface area contributed by atoms with Crippen LogP contribution in [0.5, 0.6) is 0 Å². The Morgan fingerprint density at radius 3 is 2.94 bits per heavy atom. The minimum atomic E-state index is -0.323. The molecule has 4 aromatic heterocycles. The predicted octanol–water partition coefficient (Wildman–Crippen LogP) is 4.37. The van der Waals surface area contributed by atoms with Crippen LogP contribution in [0.2, 0.25) is 0 Å². The number of aromatic nitrogens is 2. The van der Waals surface area contributed by atoms with Gasteiger partial charge in [0, 0.05) is 11.3 Å². The van der Waals surface area contributed by atoms with E-state index in [0.717, 1.165) is 46.7 Å². The number of fused-ring (bicyclic) bond motifs is 3. The van der Waals surface area contributed by atoms with Gasteiger partial charge in [0.1, 0.15) is 23.2 Å². The minimum absolute atomic E-state index is 0.106. The molecule has 0 saturated carbocycles. The number of amides is 1. The van der Waals surface area contributed by atoms with E-state index in [1.807, 2.05) is 29.6 Å². The molecule has 0 fully saturated rings. The summed E-state index contributed by atoms with van der Waals surface area (Å²) in [6.07, 6.45) is 7.82. The zero-order valence-corrected chi connectivity index (χ0v) is 18.8. The van der Waals surface area contributed by atoms with Crippen LogP contribution < -0.4 is 5.56 Å². The van der Waals surface area contributed by atoms with Gasteiger partial charge >= 0.3 is 0 Å². The summed E-state index contributed by atoms with van der Waals surface area (Å²) in [5, 5.41) is 8.78. The van der Waals surface area contributed by atoms with Crippen LogP contribution in [-0.2, 0) is 24.2 Å². The molecule has 1 aliphatic heterocycles. The Morgan fingerprint density at radius 1 is 1.22 bits per heavy atom. The predicted molar refractivity (Wildman–Crippen MR) is 124 cm³/mol. The second-order valence-electron chi connectivity index (χ2n) is 8.07. The third kappa shape index (κ3) is 3.23. The van der Waals surface area contributed by atoms with Crippen molar-refractivity contribution >= 4 is 44.5 Å². The Bertz CT molecular complexity index is 1380. The number of carbonyl (C=O) groups excluding carboxylic acids is 1. The van der Waals surface area contributed by atoms with E-state index in [-0.39, 0.29) is 24.1 Å². The van der Waals surface area contributed by atoms with Gasteiger partial charge in [-0.2, -0.15) is 5.10 Å². The van der Waals surface area contributed by atoms with Gasteiger partial charge in [-0.3, -0.25) is 14.2 Å². The van der Waals surface area contributed by atoms with E-state index in [0.29, 0.717) is 17.6 Å². The maximum atomic E-state index is 13.3. The molecule has 6 rings (SSSR count). The second-order valence-corrected chi connectivity index (χ2v) is 10.1. The number of hydrogen-bond acceptors (Lipinski definition) is 7. The highest BCUT2D eigenvalue weighted by Gasteiger charge is 2.35. The van der Waals surface area contributed by atoms with Crippen LogP contribution in [0.1, 0.15) is 46.4 Å². The molecule has 0 bridgehead atoms. The van der Waals surface area contributed by atoms with Crippen molar-refractivity contribution in [1.29, 1.82) is 0 Å². The quantitative estimate of drug-likeness (QED) is 0.449. The summed E-state index contributed by atoms with van der Waals surface area (Å²) in [5.41, 5.74) is 1.84. The zero-order valence-electron chi connectivity index (χ0n) is 17.2. The molecule has 0 radical (unpaired) electrons. The number of hydrazone groups is 1.